The van der Waals surface area contributed by atoms with Gasteiger partial charge in [-0.25, -0.2) is 0 Å². The largest absolute Gasteiger partial charge is 0.379 e. The zero-order chi connectivity index (χ0) is 24.4. The van der Waals surface area contributed by atoms with Crippen LogP contribution in [-0.2, 0) is 33.4 Å². The quantitative estimate of drug-likeness (QED) is 0.184. The fourth-order valence-corrected chi connectivity index (χ4v) is 2.23. The Morgan fingerprint density at radius 1 is 0.719 bits per heavy atom. The number of rotatable bonds is 17. The molecule has 4 N–H and O–H groups in total. The minimum atomic E-state index is -0.421. The van der Waals surface area contributed by atoms with Crippen LogP contribution in [0.5, 0.6) is 0 Å². The van der Waals surface area contributed by atoms with Gasteiger partial charge in [0.25, 0.3) is 0 Å². The number of ether oxygens (including phenoxy) is 2. The molecule has 0 unspecified atom stereocenters. The van der Waals surface area contributed by atoms with Crippen molar-refractivity contribution in [2.75, 3.05) is 66.7 Å². The molecule has 0 bridgehead atoms. The minimum Gasteiger partial charge on any atom is -0.379 e. The van der Waals surface area contributed by atoms with Crippen molar-refractivity contribution in [2.24, 2.45) is 5.92 Å². The monoisotopic (exact) mass is 459 g/mol. The lowest BCUT2D eigenvalue weighted by molar-refractivity contribution is -0.139. The first kappa shape index (κ1) is 29.3. The molecular weight excluding hydrogens is 422 g/mol. The first-order valence-electron chi connectivity index (χ1n) is 10.6. The maximum Gasteiger partial charge on any atom is 0.239 e. The van der Waals surface area contributed by atoms with Crippen LogP contribution in [0.4, 0.5) is 0 Å². The number of nitrogens with zero attached hydrogens (tertiary/aromatic N) is 1. The van der Waals surface area contributed by atoms with E-state index in [0.717, 1.165) is 4.90 Å². The number of nitrogens with one attached hydrogen (secondary N) is 4. The van der Waals surface area contributed by atoms with Crippen molar-refractivity contribution >= 4 is 29.5 Å². The molecule has 0 rings (SSSR count). The van der Waals surface area contributed by atoms with E-state index in [2.05, 4.69) is 21.3 Å². The predicted molar refractivity (Wildman–Crippen MR) is 116 cm³/mol. The van der Waals surface area contributed by atoms with Crippen LogP contribution in [0, 0.1) is 5.92 Å². The molecule has 0 aromatic rings. The summed E-state index contributed by atoms with van der Waals surface area (Å²) in [5, 5.41) is 10.1. The Labute approximate surface area is 189 Å². The minimum absolute atomic E-state index is 0.0248. The maximum absolute atomic E-state index is 12.3. The van der Waals surface area contributed by atoms with E-state index < -0.39 is 17.7 Å². The Hall–Kier alpha value is -2.73. The number of amides is 5. The summed E-state index contributed by atoms with van der Waals surface area (Å²) >= 11 is 0. The zero-order valence-corrected chi connectivity index (χ0v) is 19.5. The van der Waals surface area contributed by atoms with Gasteiger partial charge in [0, 0.05) is 45.9 Å². The lowest BCUT2D eigenvalue weighted by Gasteiger charge is -2.21. The van der Waals surface area contributed by atoms with Crippen molar-refractivity contribution in [2.45, 2.75) is 26.7 Å². The highest BCUT2D eigenvalue weighted by atomic mass is 16.5. The molecule has 0 radical (unpaired) electrons. The van der Waals surface area contributed by atoms with Crippen LogP contribution in [0.2, 0.25) is 0 Å². The number of carbonyl (C=O) groups excluding carboxylic acids is 5. The van der Waals surface area contributed by atoms with Crippen LogP contribution in [0.3, 0.4) is 0 Å². The highest BCUT2D eigenvalue weighted by molar-refractivity contribution is 5.89. The average Bonchev–Trinajstić information content (AvgIpc) is 2.76. The summed E-state index contributed by atoms with van der Waals surface area (Å²) in [5.41, 5.74) is 0. The second-order valence-electron chi connectivity index (χ2n) is 7.12. The Kier molecular flexibility index (Phi) is 16.4. The third-order valence-electron chi connectivity index (χ3n) is 4.16. The molecule has 0 aromatic heterocycles. The maximum atomic E-state index is 12.3. The van der Waals surface area contributed by atoms with Crippen molar-refractivity contribution in [3.63, 3.8) is 0 Å². The van der Waals surface area contributed by atoms with Crippen molar-refractivity contribution < 1.29 is 33.4 Å². The van der Waals surface area contributed by atoms with Gasteiger partial charge in [-0.1, -0.05) is 13.8 Å². The summed E-state index contributed by atoms with van der Waals surface area (Å²) in [5.74, 6) is -1.58. The van der Waals surface area contributed by atoms with Gasteiger partial charge in [0.15, 0.2) is 0 Å². The highest BCUT2D eigenvalue weighted by Crippen LogP contribution is 1.95. The van der Waals surface area contributed by atoms with Gasteiger partial charge in [-0.15, -0.1) is 0 Å². The molecule has 0 aromatic carbocycles. The molecule has 12 nitrogen and oxygen atoms in total. The Bertz CT molecular complexity index is 595. The summed E-state index contributed by atoms with van der Waals surface area (Å²) in [7, 11) is 2.87. The number of carbonyl (C=O) groups is 5. The van der Waals surface area contributed by atoms with Crippen LogP contribution in [0.25, 0.3) is 0 Å². The molecule has 0 aliphatic carbocycles. The van der Waals surface area contributed by atoms with Crippen LogP contribution in [-0.4, -0.2) is 101 Å². The summed E-state index contributed by atoms with van der Waals surface area (Å²) in [6.07, 6.45) is 0.0839. The Morgan fingerprint density at radius 2 is 1.28 bits per heavy atom. The van der Waals surface area contributed by atoms with Crippen molar-refractivity contribution in [3.05, 3.63) is 0 Å². The lowest BCUT2D eigenvalue weighted by atomic mass is 10.2. The van der Waals surface area contributed by atoms with Gasteiger partial charge in [-0.05, 0) is 0 Å². The summed E-state index contributed by atoms with van der Waals surface area (Å²) < 4.78 is 10.6. The predicted octanol–water partition coefficient (Wildman–Crippen LogP) is -1.99. The van der Waals surface area contributed by atoms with Gasteiger partial charge in [-0.3, -0.25) is 24.0 Å². The molecule has 0 aliphatic heterocycles. The molecule has 5 amide bonds. The molecule has 0 fully saturated rings. The number of hydrogen-bond donors (Lipinski definition) is 4. The third-order valence-corrected chi connectivity index (χ3v) is 4.16. The normalized spacial score (nSPS) is 10.4. The van der Waals surface area contributed by atoms with Crippen molar-refractivity contribution in [1.29, 1.82) is 0 Å². The SMILES string of the molecule is CNC(=O)CN(CC(=O)NC)C(=O)CCNC(=O)CCOCCOCCNC(=O)C(C)C. The summed E-state index contributed by atoms with van der Waals surface area (Å²) in [6, 6.07) is 0. The molecule has 184 valence electrons. The van der Waals surface area contributed by atoms with Gasteiger partial charge >= 0.3 is 0 Å². The highest BCUT2D eigenvalue weighted by Gasteiger charge is 2.19. The standard InChI is InChI=1S/C20H37N5O7/c1-15(2)20(30)24-8-10-32-12-11-31-9-6-16(26)23-7-5-19(29)25(13-17(27)21-3)14-18(28)22-4/h15H,5-14H2,1-4H3,(H,21,27)(H,22,28)(H,23,26)(H,24,30). The van der Waals surface area contributed by atoms with Gasteiger partial charge in [-0.2, -0.15) is 0 Å². The van der Waals surface area contributed by atoms with Crippen molar-refractivity contribution in [1.82, 2.24) is 26.2 Å². The fourth-order valence-electron chi connectivity index (χ4n) is 2.23. The smallest absolute Gasteiger partial charge is 0.239 e. The average molecular weight is 460 g/mol. The molecule has 0 aliphatic rings. The van der Waals surface area contributed by atoms with Crippen LogP contribution >= 0.6 is 0 Å². The molecule has 0 saturated carbocycles. The summed E-state index contributed by atoms with van der Waals surface area (Å²) in [6.45, 7) is 4.91. The second kappa shape index (κ2) is 17.9. The third kappa shape index (κ3) is 15.1. The van der Waals surface area contributed by atoms with Gasteiger partial charge < -0.3 is 35.6 Å². The van der Waals surface area contributed by atoms with E-state index in [0.29, 0.717) is 26.4 Å². The van der Waals surface area contributed by atoms with Crippen LogP contribution < -0.4 is 21.3 Å². The molecule has 32 heavy (non-hydrogen) atoms. The second-order valence-corrected chi connectivity index (χ2v) is 7.12. The van der Waals surface area contributed by atoms with E-state index in [1.807, 2.05) is 13.8 Å². The molecular formula is C20H37N5O7. The first-order valence-corrected chi connectivity index (χ1v) is 10.6. The van der Waals surface area contributed by atoms with E-state index in [-0.39, 0.29) is 56.8 Å². The van der Waals surface area contributed by atoms with Crippen molar-refractivity contribution in [3.8, 4) is 0 Å². The molecule has 0 saturated heterocycles. The summed E-state index contributed by atoms with van der Waals surface area (Å²) in [4.78, 5) is 59.6. The topological polar surface area (TPSA) is 155 Å². The molecule has 0 heterocycles. The van der Waals surface area contributed by atoms with Crippen LogP contribution in [0.1, 0.15) is 26.7 Å². The fraction of sp³-hybridized carbons (Fsp3) is 0.750. The molecule has 0 atom stereocenters. The van der Waals surface area contributed by atoms with E-state index >= 15 is 0 Å². The number of hydrogen-bond acceptors (Lipinski definition) is 7. The van der Waals surface area contributed by atoms with Gasteiger partial charge in [0.1, 0.15) is 13.1 Å². The van der Waals surface area contributed by atoms with Gasteiger partial charge in [0.2, 0.25) is 29.5 Å². The first-order chi connectivity index (χ1) is 15.2. The number of likely N-dealkylation sites (N-methyl/N-ethyl adjacent to an activating group) is 2. The van der Waals surface area contributed by atoms with Crippen LogP contribution in [0.15, 0.2) is 0 Å². The van der Waals surface area contributed by atoms with E-state index in [4.69, 9.17) is 9.47 Å². The molecule has 12 heteroatoms. The zero-order valence-electron chi connectivity index (χ0n) is 19.5. The van der Waals surface area contributed by atoms with E-state index in [9.17, 15) is 24.0 Å². The Balaban J connectivity index is 3.89. The Morgan fingerprint density at radius 3 is 1.81 bits per heavy atom. The molecule has 0 spiro atoms. The van der Waals surface area contributed by atoms with E-state index in [1.54, 1.807) is 0 Å². The lowest BCUT2D eigenvalue weighted by Crippen LogP contribution is -2.45. The van der Waals surface area contributed by atoms with Gasteiger partial charge in [0.05, 0.1) is 26.4 Å². The van der Waals surface area contributed by atoms with E-state index in [1.165, 1.54) is 14.1 Å².